The van der Waals surface area contributed by atoms with Gasteiger partial charge in [0.2, 0.25) is 0 Å². The van der Waals surface area contributed by atoms with Crippen LogP contribution in [0.15, 0.2) is 46.0 Å². The lowest BCUT2D eigenvalue weighted by Gasteiger charge is -2.16. The Labute approximate surface area is 193 Å². The molecule has 0 fully saturated rings. The van der Waals surface area contributed by atoms with E-state index in [1.165, 1.54) is 18.2 Å². The number of hydrogen-bond donors (Lipinski definition) is 2. The Morgan fingerprint density at radius 1 is 1.21 bits per heavy atom. The number of aromatic amines is 1. The first-order valence-corrected chi connectivity index (χ1v) is 10.5. The maximum Gasteiger partial charge on any atom is 0.432 e. The average molecular weight is 491 g/mol. The minimum atomic E-state index is -4.96. The molecular formula is C22H16F3N3O5S. The van der Waals surface area contributed by atoms with Crippen LogP contribution < -0.4 is 16.0 Å². The molecule has 0 unspecified atom stereocenters. The summed E-state index contributed by atoms with van der Waals surface area (Å²) in [6, 6.07) is 9.31. The quantitative estimate of drug-likeness (QED) is 0.439. The number of benzene rings is 2. The van der Waals surface area contributed by atoms with Crippen molar-refractivity contribution in [2.24, 2.45) is 7.05 Å². The second-order valence-electron chi connectivity index (χ2n) is 7.46. The molecular weight excluding hydrogens is 475 g/mol. The predicted octanol–water partition coefficient (Wildman–Crippen LogP) is 3.81. The van der Waals surface area contributed by atoms with Crippen molar-refractivity contribution in [3.63, 3.8) is 0 Å². The number of halogens is 3. The van der Waals surface area contributed by atoms with Crippen LogP contribution in [-0.4, -0.2) is 31.6 Å². The van der Waals surface area contributed by atoms with E-state index in [1.54, 1.807) is 18.2 Å². The Balaban J connectivity index is 1.97. The van der Waals surface area contributed by atoms with E-state index < -0.39 is 41.3 Å². The lowest BCUT2D eigenvalue weighted by molar-refractivity contribution is -0.143. The molecule has 2 aromatic heterocycles. The Hall–Kier alpha value is -3.93. The highest BCUT2D eigenvalue weighted by molar-refractivity contribution is 7.13. The standard InChI is InChI=1S/C22H16F3N3O5S/c1-10-3-5-14(33-9-16(29)30)12(7-10)18-13-8-11(4-6-15(13)34-27-18)17-19(22(23,24)25)28(2)21(32)26-20(17)31/h3-8H,9H2,1-2H3,(H,29,30)(H,26,31,32). The van der Waals surface area contributed by atoms with Crippen molar-refractivity contribution in [2.75, 3.05) is 6.61 Å². The summed E-state index contributed by atoms with van der Waals surface area (Å²) in [6.45, 7) is 1.22. The van der Waals surface area contributed by atoms with Crippen molar-refractivity contribution in [1.82, 2.24) is 13.9 Å². The second-order valence-corrected chi connectivity index (χ2v) is 8.27. The van der Waals surface area contributed by atoms with Gasteiger partial charge in [-0.1, -0.05) is 17.7 Å². The Morgan fingerprint density at radius 2 is 1.94 bits per heavy atom. The highest BCUT2D eigenvalue weighted by atomic mass is 32.1. The first kappa shape index (κ1) is 23.2. The number of ether oxygens (including phenoxy) is 1. The van der Waals surface area contributed by atoms with E-state index in [9.17, 15) is 27.6 Å². The molecule has 0 atom stereocenters. The van der Waals surface area contributed by atoms with Crippen molar-refractivity contribution in [3.05, 3.63) is 68.5 Å². The van der Waals surface area contributed by atoms with Crippen molar-refractivity contribution in [3.8, 4) is 28.1 Å². The molecule has 12 heteroatoms. The minimum absolute atomic E-state index is 0.0567. The van der Waals surface area contributed by atoms with Gasteiger partial charge in [-0.05, 0) is 48.3 Å². The summed E-state index contributed by atoms with van der Waals surface area (Å²) in [5, 5.41) is 9.40. The van der Waals surface area contributed by atoms with Crippen molar-refractivity contribution in [1.29, 1.82) is 0 Å². The highest BCUT2D eigenvalue weighted by Gasteiger charge is 2.38. The molecule has 0 saturated heterocycles. The fourth-order valence-corrected chi connectivity index (χ4v) is 4.37. The van der Waals surface area contributed by atoms with Crippen molar-refractivity contribution in [2.45, 2.75) is 13.1 Å². The highest BCUT2D eigenvalue weighted by Crippen LogP contribution is 2.40. The molecule has 2 N–H and O–H groups in total. The van der Waals surface area contributed by atoms with E-state index in [1.807, 2.05) is 11.9 Å². The maximum absolute atomic E-state index is 13.8. The summed E-state index contributed by atoms with van der Waals surface area (Å²) >= 11 is 1.09. The second kappa shape index (κ2) is 8.45. The lowest BCUT2D eigenvalue weighted by Crippen LogP contribution is -2.35. The molecule has 0 saturated carbocycles. The Morgan fingerprint density at radius 3 is 2.62 bits per heavy atom. The Kier molecular flexibility index (Phi) is 5.77. The molecule has 4 aromatic rings. The molecule has 0 spiro atoms. The number of fused-ring (bicyclic) bond motifs is 1. The number of carboxylic acids is 1. The van der Waals surface area contributed by atoms with Crippen LogP contribution in [0.5, 0.6) is 5.75 Å². The monoisotopic (exact) mass is 491 g/mol. The van der Waals surface area contributed by atoms with Crippen LogP contribution in [-0.2, 0) is 18.0 Å². The summed E-state index contributed by atoms with van der Waals surface area (Å²) in [4.78, 5) is 37.2. The molecule has 2 heterocycles. The summed E-state index contributed by atoms with van der Waals surface area (Å²) in [5.41, 5.74) is -2.83. The summed E-state index contributed by atoms with van der Waals surface area (Å²) in [5.74, 6) is -0.938. The van der Waals surface area contributed by atoms with Gasteiger partial charge < -0.3 is 9.84 Å². The summed E-state index contributed by atoms with van der Waals surface area (Å²) in [6.07, 6.45) is -4.96. The van der Waals surface area contributed by atoms with E-state index in [4.69, 9.17) is 9.84 Å². The molecule has 0 aliphatic rings. The fourth-order valence-electron chi connectivity index (χ4n) is 3.60. The number of alkyl halides is 3. The van der Waals surface area contributed by atoms with Gasteiger partial charge in [0, 0.05) is 18.0 Å². The number of aryl methyl sites for hydroxylation is 1. The number of H-pyrrole nitrogens is 1. The molecule has 0 bridgehead atoms. The Bertz CT molecular complexity index is 1550. The average Bonchev–Trinajstić information content (AvgIpc) is 3.17. The number of carboxylic acid groups (broad SMARTS) is 1. The summed E-state index contributed by atoms with van der Waals surface area (Å²) < 4.78 is 52.2. The van der Waals surface area contributed by atoms with Crippen LogP contribution in [0.1, 0.15) is 11.3 Å². The minimum Gasteiger partial charge on any atom is -0.481 e. The topological polar surface area (TPSA) is 114 Å². The third kappa shape index (κ3) is 4.19. The number of carbonyl (C=O) groups is 1. The van der Waals surface area contributed by atoms with Gasteiger partial charge in [-0.15, -0.1) is 0 Å². The van der Waals surface area contributed by atoms with E-state index >= 15 is 0 Å². The number of nitrogens with zero attached hydrogens (tertiary/aromatic N) is 2. The third-order valence-corrected chi connectivity index (χ3v) is 5.92. The van der Waals surface area contributed by atoms with Crippen LogP contribution in [0.3, 0.4) is 0 Å². The third-order valence-electron chi connectivity index (χ3n) is 5.09. The van der Waals surface area contributed by atoms with Crippen LogP contribution in [0.25, 0.3) is 32.5 Å². The summed E-state index contributed by atoms with van der Waals surface area (Å²) in [7, 11) is 0.930. The van der Waals surface area contributed by atoms with Crippen LogP contribution in [0, 0.1) is 6.92 Å². The molecule has 8 nitrogen and oxygen atoms in total. The lowest BCUT2D eigenvalue weighted by atomic mass is 9.99. The fraction of sp³-hybridized carbons (Fsp3) is 0.182. The zero-order valence-electron chi connectivity index (χ0n) is 17.7. The largest absolute Gasteiger partial charge is 0.481 e. The van der Waals surface area contributed by atoms with E-state index in [2.05, 4.69) is 4.37 Å². The number of rotatable bonds is 5. The number of hydrogen-bond acceptors (Lipinski definition) is 6. The zero-order valence-corrected chi connectivity index (χ0v) is 18.5. The van der Waals surface area contributed by atoms with Gasteiger partial charge in [0.25, 0.3) is 5.56 Å². The van der Waals surface area contributed by atoms with Gasteiger partial charge >= 0.3 is 17.8 Å². The van der Waals surface area contributed by atoms with Crippen LogP contribution in [0.4, 0.5) is 13.2 Å². The van der Waals surface area contributed by atoms with Gasteiger partial charge in [-0.2, -0.15) is 17.5 Å². The molecule has 176 valence electrons. The molecule has 0 aliphatic carbocycles. The van der Waals surface area contributed by atoms with Gasteiger partial charge in [-0.25, -0.2) is 9.59 Å². The number of nitrogens with one attached hydrogen (secondary N) is 1. The van der Waals surface area contributed by atoms with Crippen LogP contribution in [0.2, 0.25) is 0 Å². The molecule has 0 radical (unpaired) electrons. The van der Waals surface area contributed by atoms with E-state index in [-0.39, 0.29) is 11.3 Å². The normalized spacial score (nSPS) is 11.7. The predicted molar refractivity (Wildman–Crippen MR) is 119 cm³/mol. The van der Waals surface area contributed by atoms with E-state index in [0.717, 1.165) is 24.1 Å². The van der Waals surface area contributed by atoms with Gasteiger partial charge in [0.05, 0.1) is 16.0 Å². The number of aromatic nitrogens is 3. The number of aliphatic carboxylic acids is 1. The zero-order chi connectivity index (χ0) is 24.8. The van der Waals surface area contributed by atoms with Gasteiger partial charge in [-0.3, -0.25) is 14.3 Å². The molecule has 0 amide bonds. The van der Waals surface area contributed by atoms with Crippen molar-refractivity contribution < 1.29 is 27.8 Å². The molecule has 0 aliphatic heterocycles. The molecule has 4 rings (SSSR count). The van der Waals surface area contributed by atoms with Gasteiger partial charge in [0.15, 0.2) is 6.61 Å². The molecule has 34 heavy (non-hydrogen) atoms. The first-order valence-electron chi connectivity index (χ1n) is 9.73. The van der Waals surface area contributed by atoms with Gasteiger partial charge in [0.1, 0.15) is 11.4 Å². The smallest absolute Gasteiger partial charge is 0.432 e. The first-order chi connectivity index (χ1) is 16.0. The maximum atomic E-state index is 13.8. The van der Waals surface area contributed by atoms with Crippen LogP contribution >= 0.6 is 11.5 Å². The van der Waals surface area contributed by atoms with E-state index in [0.29, 0.717) is 25.9 Å². The SMILES string of the molecule is Cc1ccc(OCC(=O)O)c(-c2nsc3ccc(-c4c(C(F)(F)F)n(C)c(=O)[nH]c4=O)cc23)c1. The van der Waals surface area contributed by atoms with Crippen molar-refractivity contribution >= 4 is 27.6 Å². The molecule has 2 aromatic carbocycles.